The van der Waals surface area contributed by atoms with Crippen molar-refractivity contribution in [3.63, 3.8) is 0 Å². The molecular weight excluding hydrogens is 380 g/mol. The zero-order valence-corrected chi connectivity index (χ0v) is 15.4. The first kappa shape index (κ1) is 19.0. The van der Waals surface area contributed by atoms with Crippen LogP contribution in [0.5, 0.6) is 0 Å². The lowest BCUT2D eigenvalue weighted by Crippen LogP contribution is -2.50. The minimum absolute atomic E-state index is 0.152. The number of halogens is 2. The maximum absolute atomic E-state index is 13.0. The van der Waals surface area contributed by atoms with Gasteiger partial charge in [-0.25, -0.2) is 13.8 Å². The van der Waals surface area contributed by atoms with E-state index >= 15 is 0 Å². The fourth-order valence-corrected chi connectivity index (χ4v) is 3.33. The van der Waals surface area contributed by atoms with E-state index in [0.717, 1.165) is 0 Å². The molecular formula is C20H19F2N5O2. The number of hydrogen-bond acceptors (Lipinski definition) is 4. The van der Waals surface area contributed by atoms with Crippen LogP contribution in [0.15, 0.2) is 48.8 Å². The maximum atomic E-state index is 13.0. The van der Waals surface area contributed by atoms with Gasteiger partial charge in [0.1, 0.15) is 11.3 Å². The Morgan fingerprint density at radius 3 is 2.72 bits per heavy atom. The molecule has 1 fully saturated rings. The molecule has 1 aliphatic carbocycles. The van der Waals surface area contributed by atoms with Crippen LogP contribution in [0.4, 0.5) is 14.5 Å². The second-order valence-corrected chi connectivity index (χ2v) is 7.04. The maximum Gasteiger partial charge on any atom is 0.274 e. The SMILES string of the molecule is NCc1ccc(C(=O)NC2CC(F)(F)C2)cc1NC(=O)c1cnc2ccccn12. The van der Waals surface area contributed by atoms with E-state index in [4.69, 9.17) is 5.73 Å². The molecule has 4 N–H and O–H groups in total. The first-order chi connectivity index (χ1) is 13.9. The third kappa shape index (κ3) is 3.81. The average molecular weight is 399 g/mol. The Bertz CT molecular complexity index is 1090. The highest BCUT2D eigenvalue weighted by Crippen LogP contribution is 2.37. The molecule has 2 aromatic heterocycles. The van der Waals surface area contributed by atoms with Gasteiger partial charge in [-0.15, -0.1) is 0 Å². The van der Waals surface area contributed by atoms with E-state index in [1.807, 2.05) is 6.07 Å². The number of carbonyl (C=O) groups is 2. The number of amides is 2. The van der Waals surface area contributed by atoms with Crippen molar-refractivity contribution in [1.82, 2.24) is 14.7 Å². The predicted octanol–water partition coefficient (Wildman–Crippen LogP) is 2.57. The second kappa shape index (κ2) is 7.25. The number of nitrogens with one attached hydrogen (secondary N) is 2. The molecule has 9 heteroatoms. The van der Waals surface area contributed by atoms with Gasteiger partial charge in [-0.3, -0.25) is 14.0 Å². The van der Waals surface area contributed by atoms with Crippen molar-refractivity contribution in [3.05, 3.63) is 65.6 Å². The van der Waals surface area contributed by atoms with Gasteiger partial charge in [0, 0.05) is 42.9 Å². The van der Waals surface area contributed by atoms with E-state index in [9.17, 15) is 18.4 Å². The molecule has 0 atom stereocenters. The Hall–Kier alpha value is -3.33. The van der Waals surface area contributed by atoms with Crippen LogP contribution in [0, 0.1) is 0 Å². The van der Waals surface area contributed by atoms with Crippen LogP contribution in [-0.4, -0.2) is 33.2 Å². The summed E-state index contributed by atoms with van der Waals surface area (Å²) >= 11 is 0. The number of rotatable bonds is 5. The van der Waals surface area contributed by atoms with Gasteiger partial charge in [0.25, 0.3) is 17.7 Å². The summed E-state index contributed by atoms with van der Waals surface area (Å²) in [4.78, 5) is 29.3. The van der Waals surface area contributed by atoms with Crippen molar-refractivity contribution >= 4 is 23.1 Å². The number of alkyl halides is 2. The van der Waals surface area contributed by atoms with Crippen LogP contribution in [0.3, 0.4) is 0 Å². The summed E-state index contributed by atoms with van der Waals surface area (Å²) in [6.45, 7) is 0.152. The van der Waals surface area contributed by atoms with E-state index in [0.29, 0.717) is 22.6 Å². The van der Waals surface area contributed by atoms with E-state index in [2.05, 4.69) is 15.6 Å². The topological polar surface area (TPSA) is 102 Å². The van der Waals surface area contributed by atoms with Gasteiger partial charge in [-0.2, -0.15) is 0 Å². The molecule has 2 heterocycles. The van der Waals surface area contributed by atoms with Crippen molar-refractivity contribution in [2.75, 3.05) is 5.32 Å². The zero-order valence-electron chi connectivity index (χ0n) is 15.4. The van der Waals surface area contributed by atoms with Crippen molar-refractivity contribution < 1.29 is 18.4 Å². The van der Waals surface area contributed by atoms with Gasteiger partial charge < -0.3 is 16.4 Å². The van der Waals surface area contributed by atoms with Gasteiger partial charge >= 0.3 is 0 Å². The van der Waals surface area contributed by atoms with Crippen LogP contribution >= 0.6 is 0 Å². The molecule has 1 aliphatic rings. The fraction of sp³-hybridized carbons (Fsp3) is 0.250. The highest BCUT2D eigenvalue weighted by Gasteiger charge is 2.45. The second-order valence-electron chi connectivity index (χ2n) is 7.04. The van der Waals surface area contributed by atoms with Gasteiger partial charge in [-0.1, -0.05) is 12.1 Å². The molecule has 0 bridgehead atoms. The smallest absolute Gasteiger partial charge is 0.274 e. The van der Waals surface area contributed by atoms with Crippen molar-refractivity contribution in [2.24, 2.45) is 5.73 Å². The van der Waals surface area contributed by atoms with Gasteiger partial charge in [0.2, 0.25) is 0 Å². The monoisotopic (exact) mass is 399 g/mol. The van der Waals surface area contributed by atoms with E-state index in [1.165, 1.54) is 12.3 Å². The van der Waals surface area contributed by atoms with Crippen molar-refractivity contribution in [2.45, 2.75) is 31.4 Å². The fourth-order valence-electron chi connectivity index (χ4n) is 3.33. The number of carbonyl (C=O) groups excluding carboxylic acids is 2. The van der Waals surface area contributed by atoms with Crippen LogP contribution in [-0.2, 0) is 6.54 Å². The summed E-state index contributed by atoms with van der Waals surface area (Å²) in [5.41, 5.74) is 7.98. The average Bonchev–Trinajstić information content (AvgIpc) is 3.10. The predicted molar refractivity (Wildman–Crippen MR) is 103 cm³/mol. The first-order valence-electron chi connectivity index (χ1n) is 9.11. The third-order valence-electron chi connectivity index (χ3n) is 4.92. The Morgan fingerprint density at radius 2 is 2.00 bits per heavy atom. The third-order valence-corrected chi connectivity index (χ3v) is 4.92. The highest BCUT2D eigenvalue weighted by molar-refractivity contribution is 6.05. The van der Waals surface area contributed by atoms with Crippen LogP contribution in [0.25, 0.3) is 5.65 Å². The number of nitrogens with zero attached hydrogens (tertiary/aromatic N) is 2. The molecule has 0 unspecified atom stereocenters. The lowest BCUT2D eigenvalue weighted by molar-refractivity contribution is -0.0901. The standard InChI is InChI=1S/C20H19F2N5O2/c21-20(22)8-14(9-20)25-18(28)12-4-5-13(10-23)15(7-12)26-19(29)16-11-24-17-3-1-2-6-27(16)17/h1-7,11,14H,8-10,23H2,(H,25,28)(H,26,29). The molecule has 0 aliphatic heterocycles. The van der Waals surface area contributed by atoms with Crippen LogP contribution in [0.2, 0.25) is 0 Å². The Balaban J connectivity index is 1.54. The number of aromatic nitrogens is 2. The number of nitrogens with two attached hydrogens (primary N) is 1. The number of benzene rings is 1. The number of hydrogen-bond donors (Lipinski definition) is 3. The van der Waals surface area contributed by atoms with Gasteiger partial charge in [0.15, 0.2) is 0 Å². The Morgan fingerprint density at radius 1 is 1.21 bits per heavy atom. The quantitative estimate of drug-likeness (QED) is 0.614. The molecule has 0 radical (unpaired) electrons. The largest absolute Gasteiger partial charge is 0.349 e. The Labute approximate surface area is 164 Å². The molecule has 3 aromatic rings. The molecule has 150 valence electrons. The lowest BCUT2D eigenvalue weighted by atomic mass is 9.88. The Kier molecular flexibility index (Phi) is 4.75. The minimum Gasteiger partial charge on any atom is -0.349 e. The minimum atomic E-state index is -2.71. The number of fused-ring (bicyclic) bond motifs is 1. The van der Waals surface area contributed by atoms with Crippen LogP contribution < -0.4 is 16.4 Å². The van der Waals surface area contributed by atoms with E-state index in [-0.39, 0.29) is 24.9 Å². The molecule has 7 nitrogen and oxygen atoms in total. The zero-order chi connectivity index (χ0) is 20.6. The summed E-state index contributed by atoms with van der Waals surface area (Å²) < 4.78 is 27.6. The van der Waals surface area contributed by atoms with E-state index in [1.54, 1.807) is 34.9 Å². The van der Waals surface area contributed by atoms with Crippen molar-refractivity contribution in [1.29, 1.82) is 0 Å². The summed E-state index contributed by atoms with van der Waals surface area (Å²) in [6, 6.07) is 9.50. The molecule has 0 spiro atoms. The summed E-state index contributed by atoms with van der Waals surface area (Å²) in [5, 5.41) is 5.35. The molecule has 1 saturated carbocycles. The molecule has 4 rings (SSSR count). The molecule has 1 aromatic carbocycles. The molecule has 2 amide bonds. The molecule has 29 heavy (non-hydrogen) atoms. The van der Waals surface area contributed by atoms with Crippen LogP contribution in [0.1, 0.15) is 39.3 Å². The number of imidazole rings is 1. The van der Waals surface area contributed by atoms with Gasteiger partial charge in [-0.05, 0) is 29.8 Å². The normalized spacial score (nSPS) is 15.7. The van der Waals surface area contributed by atoms with Crippen molar-refractivity contribution in [3.8, 4) is 0 Å². The summed E-state index contributed by atoms with van der Waals surface area (Å²) in [5.74, 6) is -3.59. The molecule has 0 saturated heterocycles. The number of anilines is 1. The summed E-state index contributed by atoms with van der Waals surface area (Å²) in [6.07, 6.45) is 2.45. The lowest BCUT2D eigenvalue weighted by Gasteiger charge is -2.35. The highest BCUT2D eigenvalue weighted by atomic mass is 19.3. The first-order valence-corrected chi connectivity index (χ1v) is 9.11. The van der Waals surface area contributed by atoms with E-state index < -0.39 is 23.8 Å². The van der Waals surface area contributed by atoms with Gasteiger partial charge in [0.05, 0.1) is 6.20 Å². The summed E-state index contributed by atoms with van der Waals surface area (Å²) in [7, 11) is 0. The number of pyridine rings is 1.